The summed E-state index contributed by atoms with van der Waals surface area (Å²) in [6.45, 7) is 0. The number of carbonyl (C=O) groups is 1. The van der Waals surface area contributed by atoms with Crippen LogP contribution in [-0.4, -0.2) is 38.5 Å². The van der Waals surface area contributed by atoms with Gasteiger partial charge in [0.2, 0.25) is 0 Å². The molecule has 20 heavy (non-hydrogen) atoms. The first-order chi connectivity index (χ1) is 9.36. The van der Waals surface area contributed by atoms with Gasteiger partial charge in [-0.1, -0.05) is 25.3 Å². The number of rotatable bonds is 3. The molecule has 3 aliphatic carbocycles. The molecule has 0 aromatic heterocycles. The van der Waals surface area contributed by atoms with E-state index in [1.807, 2.05) is 0 Å². The monoisotopic (exact) mass is 279 g/mol. The predicted octanol–water partition coefficient (Wildman–Crippen LogP) is 0.711. The average molecular weight is 279 g/mol. The number of allylic oxidation sites excluding steroid dienone is 1. The summed E-state index contributed by atoms with van der Waals surface area (Å²) < 4.78 is 0. The van der Waals surface area contributed by atoms with Crippen LogP contribution in [-0.2, 0) is 4.79 Å². The number of nitrogens with two attached hydrogens (primary N) is 1. The number of hydrogen-bond donors (Lipinski definition) is 4. The molecule has 0 heterocycles. The van der Waals surface area contributed by atoms with Crippen molar-refractivity contribution in [1.29, 1.82) is 0 Å². The van der Waals surface area contributed by atoms with Gasteiger partial charge in [-0.3, -0.25) is 4.79 Å². The summed E-state index contributed by atoms with van der Waals surface area (Å²) in [7, 11) is 0. The van der Waals surface area contributed by atoms with E-state index in [0.717, 1.165) is 32.1 Å². The van der Waals surface area contributed by atoms with E-state index >= 15 is 0 Å². The average Bonchev–Trinajstić information content (AvgIpc) is 2.81. The van der Waals surface area contributed by atoms with E-state index in [9.17, 15) is 15.0 Å². The van der Waals surface area contributed by atoms with E-state index in [4.69, 9.17) is 10.8 Å². The number of hydrogen-bond acceptors (Lipinski definition) is 4. The molecule has 0 aromatic rings. The molecule has 2 fully saturated rings. The van der Waals surface area contributed by atoms with Gasteiger partial charge in [-0.15, -0.1) is 0 Å². The molecule has 3 rings (SSSR count). The highest BCUT2D eigenvalue weighted by atomic mass is 16.4. The number of fused-ring (bicyclic) bond motifs is 3. The van der Waals surface area contributed by atoms with Crippen molar-refractivity contribution in [1.82, 2.24) is 0 Å². The standard InChI is InChI=1S/C15H21NO4/c16-11(12(17)18)8-10-4-7-14(19)13(15(14,20)9-10)5-2-1-3-6-13/h4,7,9,11,19-20H,1-3,5-6,8,16H2,(H,17,18). The Morgan fingerprint density at radius 3 is 2.50 bits per heavy atom. The van der Waals surface area contributed by atoms with Crippen LogP contribution in [0.15, 0.2) is 23.8 Å². The van der Waals surface area contributed by atoms with Gasteiger partial charge in [0.15, 0.2) is 0 Å². The molecule has 110 valence electrons. The van der Waals surface area contributed by atoms with Crippen molar-refractivity contribution in [3.8, 4) is 0 Å². The van der Waals surface area contributed by atoms with E-state index in [-0.39, 0.29) is 6.42 Å². The van der Waals surface area contributed by atoms with E-state index in [1.54, 1.807) is 18.2 Å². The molecule has 2 saturated carbocycles. The molecule has 5 N–H and O–H groups in total. The highest BCUT2D eigenvalue weighted by Gasteiger charge is 2.84. The molecule has 0 aromatic carbocycles. The highest BCUT2D eigenvalue weighted by Crippen LogP contribution is 2.74. The maximum Gasteiger partial charge on any atom is 0.320 e. The number of carboxylic acids is 1. The van der Waals surface area contributed by atoms with Crippen LogP contribution in [0.3, 0.4) is 0 Å². The zero-order chi connectivity index (χ0) is 14.6. The predicted molar refractivity (Wildman–Crippen MR) is 72.9 cm³/mol. The smallest absolute Gasteiger partial charge is 0.320 e. The highest BCUT2D eigenvalue weighted by molar-refractivity contribution is 5.73. The van der Waals surface area contributed by atoms with Crippen LogP contribution in [0.5, 0.6) is 0 Å². The Bertz CT molecular complexity index is 506. The first kappa shape index (κ1) is 13.8. The van der Waals surface area contributed by atoms with Crippen LogP contribution >= 0.6 is 0 Å². The maximum atomic E-state index is 10.8. The largest absolute Gasteiger partial charge is 0.480 e. The first-order valence-electron chi connectivity index (χ1n) is 7.20. The van der Waals surface area contributed by atoms with Crippen LogP contribution in [0, 0.1) is 5.41 Å². The van der Waals surface area contributed by atoms with Crippen LogP contribution < -0.4 is 5.73 Å². The summed E-state index contributed by atoms with van der Waals surface area (Å²) >= 11 is 0. The van der Waals surface area contributed by atoms with E-state index in [1.165, 1.54) is 0 Å². The lowest BCUT2D eigenvalue weighted by molar-refractivity contribution is -0.138. The van der Waals surface area contributed by atoms with Crippen molar-refractivity contribution in [2.45, 2.75) is 55.8 Å². The normalized spacial score (nSPS) is 39.0. The molecular weight excluding hydrogens is 258 g/mol. The molecular formula is C15H21NO4. The van der Waals surface area contributed by atoms with E-state index in [0.29, 0.717) is 5.57 Å². The third kappa shape index (κ3) is 1.51. The SMILES string of the molecule is NC(CC1=CC2(O)C(O)(C=C1)C21CCCCC1)C(=O)O. The van der Waals surface area contributed by atoms with Gasteiger partial charge in [-0.25, -0.2) is 0 Å². The Morgan fingerprint density at radius 1 is 1.25 bits per heavy atom. The fourth-order valence-corrected chi connectivity index (χ4v) is 4.17. The first-order valence-corrected chi connectivity index (χ1v) is 7.20. The topological polar surface area (TPSA) is 104 Å². The summed E-state index contributed by atoms with van der Waals surface area (Å²) in [6.07, 6.45) is 9.92. The number of aliphatic hydroxyl groups is 2. The fraction of sp³-hybridized carbons (Fsp3) is 0.667. The van der Waals surface area contributed by atoms with Gasteiger partial charge in [0.25, 0.3) is 0 Å². The van der Waals surface area contributed by atoms with Crippen LogP contribution in [0.4, 0.5) is 0 Å². The van der Waals surface area contributed by atoms with Gasteiger partial charge in [0, 0.05) is 5.41 Å². The summed E-state index contributed by atoms with van der Waals surface area (Å²) in [4.78, 5) is 10.8. The van der Waals surface area contributed by atoms with Crippen LogP contribution in [0.1, 0.15) is 38.5 Å². The molecule has 0 radical (unpaired) electrons. The minimum atomic E-state index is -1.25. The molecule has 0 amide bonds. The van der Waals surface area contributed by atoms with E-state index in [2.05, 4.69) is 0 Å². The number of aliphatic carboxylic acids is 1. The van der Waals surface area contributed by atoms with Gasteiger partial charge in [0.1, 0.15) is 17.2 Å². The van der Waals surface area contributed by atoms with Crippen LogP contribution in [0.2, 0.25) is 0 Å². The summed E-state index contributed by atoms with van der Waals surface area (Å²) in [5.41, 5.74) is 3.31. The van der Waals surface area contributed by atoms with Crippen molar-refractivity contribution in [2.24, 2.45) is 11.1 Å². The second-order valence-corrected chi connectivity index (χ2v) is 6.38. The summed E-state index contributed by atoms with van der Waals surface area (Å²) in [5.74, 6) is -1.06. The van der Waals surface area contributed by atoms with Gasteiger partial charge in [-0.05, 0) is 37.0 Å². The molecule has 5 nitrogen and oxygen atoms in total. The van der Waals surface area contributed by atoms with Crippen molar-refractivity contribution in [3.63, 3.8) is 0 Å². The van der Waals surface area contributed by atoms with E-state index < -0.39 is 28.6 Å². The Kier molecular flexibility index (Phi) is 2.87. The Morgan fingerprint density at radius 2 is 1.90 bits per heavy atom. The second kappa shape index (κ2) is 4.16. The lowest BCUT2D eigenvalue weighted by atomic mass is 9.82. The van der Waals surface area contributed by atoms with Gasteiger partial charge >= 0.3 is 5.97 Å². The van der Waals surface area contributed by atoms with Crippen molar-refractivity contribution < 1.29 is 20.1 Å². The zero-order valence-electron chi connectivity index (χ0n) is 11.4. The summed E-state index contributed by atoms with van der Waals surface area (Å²) in [5, 5.41) is 30.4. The van der Waals surface area contributed by atoms with Gasteiger partial charge in [-0.2, -0.15) is 0 Å². The third-order valence-electron chi connectivity index (χ3n) is 5.39. The quantitative estimate of drug-likeness (QED) is 0.609. The minimum absolute atomic E-state index is 0.167. The third-order valence-corrected chi connectivity index (χ3v) is 5.39. The Hall–Kier alpha value is -1.17. The van der Waals surface area contributed by atoms with Gasteiger partial charge < -0.3 is 21.1 Å². The summed E-state index contributed by atoms with van der Waals surface area (Å²) in [6, 6.07) is -0.984. The molecule has 3 atom stereocenters. The molecule has 3 unspecified atom stereocenters. The Balaban J connectivity index is 1.85. The van der Waals surface area contributed by atoms with Crippen molar-refractivity contribution in [3.05, 3.63) is 23.8 Å². The maximum absolute atomic E-state index is 10.8. The van der Waals surface area contributed by atoms with Gasteiger partial charge in [0.05, 0.1) is 0 Å². The molecule has 0 aliphatic heterocycles. The minimum Gasteiger partial charge on any atom is -0.480 e. The van der Waals surface area contributed by atoms with Crippen LogP contribution in [0.25, 0.3) is 0 Å². The fourth-order valence-electron chi connectivity index (χ4n) is 4.17. The Labute approximate surface area is 117 Å². The van der Waals surface area contributed by atoms with Crippen molar-refractivity contribution >= 4 is 5.97 Å². The lowest BCUT2D eigenvalue weighted by Crippen LogP contribution is -2.31. The number of carboxylic acid groups (broad SMARTS) is 1. The molecule has 0 bridgehead atoms. The molecule has 5 heteroatoms. The molecule has 1 spiro atoms. The van der Waals surface area contributed by atoms with Crippen molar-refractivity contribution in [2.75, 3.05) is 0 Å². The lowest BCUT2D eigenvalue weighted by Gasteiger charge is -2.24. The zero-order valence-corrected chi connectivity index (χ0v) is 11.4. The second-order valence-electron chi connectivity index (χ2n) is 6.38. The molecule has 0 saturated heterocycles. The molecule has 3 aliphatic rings.